The summed E-state index contributed by atoms with van der Waals surface area (Å²) in [7, 11) is 3.97. The van der Waals surface area contributed by atoms with E-state index >= 15 is 0 Å². The van der Waals surface area contributed by atoms with E-state index in [1.165, 1.54) is 0 Å². The van der Waals surface area contributed by atoms with Crippen molar-refractivity contribution in [1.29, 1.82) is 0 Å². The lowest BCUT2D eigenvalue weighted by Crippen LogP contribution is -2.34. The highest BCUT2D eigenvalue weighted by Gasteiger charge is 2.15. The van der Waals surface area contributed by atoms with Gasteiger partial charge in [-0.15, -0.1) is 0 Å². The summed E-state index contributed by atoms with van der Waals surface area (Å²) in [6.45, 7) is 7.33. The summed E-state index contributed by atoms with van der Waals surface area (Å²) in [5.74, 6) is 1.56. The number of nitrogens with zero attached hydrogens (tertiary/aromatic N) is 2. The van der Waals surface area contributed by atoms with Crippen LogP contribution in [0.25, 0.3) is 0 Å². The topological polar surface area (TPSA) is 28.2 Å². The quantitative estimate of drug-likeness (QED) is 0.877. The molecule has 4 heteroatoms. The fraction of sp³-hybridized carbons (Fsp3) is 0.615. The van der Waals surface area contributed by atoms with E-state index in [0.717, 1.165) is 11.5 Å². The standard InChI is InChI=1S/C13H22ClN3/c1-9(2)10(3)17(5)13-7-6-11(14)12(16-13)8-15-4/h6-7,9-10,15H,8H2,1-5H3. The van der Waals surface area contributed by atoms with Crippen molar-refractivity contribution in [3.05, 3.63) is 22.8 Å². The molecular weight excluding hydrogens is 234 g/mol. The Morgan fingerprint density at radius 3 is 2.53 bits per heavy atom. The zero-order valence-electron chi connectivity index (χ0n) is 11.3. The van der Waals surface area contributed by atoms with E-state index in [0.29, 0.717) is 23.5 Å². The third kappa shape index (κ3) is 3.58. The maximum atomic E-state index is 6.10. The molecule has 0 fully saturated rings. The maximum Gasteiger partial charge on any atom is 0.128 e. The second-order valence-corrected chi connectivity index (χ2v) is 5.13. The first kappa shape index (κ1) is 14.3. The van der Waals surface area contributed by atoms with E-state index < -0.39 is 0 Å². The Kier molecular flexibility index (Phi) is 5.22. The average Bonchev–Trinajstić information content (AvgIpc) is 2.30. The van der Waals surface area contributed by atoms with Crippen LogP contribution in [-0.4, -0.2) is 25.1 Å². The van der Waals surface area contributed by atoms with Gasteiger partial charge in [-0.2, -0.15) is 0 Å². The molecule has 0 aliphatic rings. The molecule has 1 N–H and O–H groups in total. The molecule has 1 rings (SSSR count). The molecule has 1 aromatic rings. The third-order valence-electron chi connectivity index (χ3n) is 3.19. The Balaban J connectivity index is 2.94. The predicted molar refractivity (Wildman–Crippen MR) is 74.7 cm³/mol. The van der Waals surface area contributed by atoms with Crippen LogP contribution in [-0.2, 0) is 6.54 Å². The summed E-state index contributed by atoms with van der Waals surface area (Å²) in [5.41, 5.74) is 0.898. The van der Waals surface area contributed by atoms with Crippen LogP contribution in [0.2, 0.25) is 5.02 Å². The van der Waals surface area contributed by atoms with E-state index in [1.807, 2.05) is 19.2 Å². The molecule has 96 valence electrons. The summed E-state index contributed by atoms with van der Waals surface area (Å²) < 4.78 is 0. The molecule has 1 atom stereocenters. The lowest BCUT2D eigenvalue weighted by Gasteiger charge is -2.29. The molecule has 0 aromatic carbocycles. The van der Waals surface area contributed by atoms with Crippen LogP contribution in [0.3, 0.4) is 0 Å². The number of nitrogens with one attached hydrogen (secondary N) is 1. The highest BCUT2D eigenvalue weighted by atomic mass is 35.5. The lowest BCUT2D eigenvalue weighted by molar-refractivity contribution is 0.502. The van der Waals surface area contributed by atoms with E-state index in [4.69, 9.17) is 11.6 Å². The van der Waals surface area contributed by atoms with Crippen LogP contribution in [0, 0.1) is 5.92 Å². The van der Waals surface area contributed by atoms with Gasteiger partial charge in [0, 0.05) is 19.6 Å². The SMILES string of the molecule is CNCc1nc(N(C)C(C)C(C)C)ccc1Cl. The summed E-state index contributed by atoms with van der Waals surface area (Å²) in [5, 5.41) is 3.79. The molecule has 0 amide bonds. The molecule has 0 aliphatic heterocycles. The lowest BCUT2D eigenvalue weighted by atomic mass is 10.1. The van der Waals surface area contributed by atoms with Gasteiger partial charge < -0.3 is 10.2 Å². The second-order valence-electron chi connectivity index (χ2n) is 4.72. The molecule has 0 saturated heterocycles. The number of anilines is 1. The van der Waals surface area contributed by atoms with Crippen LogP contribution in [0.15, 0.2) is 12.1 Å². The van der Waals surface area contributed by atoms with Crippen molar-refractivity contribution in [2.45, 2.75) is 33.4 Å². The molecule has 0 bridgehead atoms. The van der Waals surface area contributed by atoms with Crippen molar-refractivity contribution < 1.29 is 0 Å². The van der Waals surface area contributed by atoms with E-state index in [2.05, 4.69) is 43.0 Å². The largest absolute Gasteiger partial charge is 0.357 e. The van der Waals surface area contributed by atoms with Crippen LogP contribution < -0.4 is 10.2 Å². The first-order valence-electron chi connectivity index (χ1n) is 6.00. The minimum absolute atomic E-state index is 0.450. The van der Waals surface area contributed by atoms with Gasteiger partial charge in [0.25, 0.3) is 0 Å². The molecule has 0 radical (unpaired) electrons. The van der Waals surface area contributed by atoms with Crippen molar-refractivity contribution in [3.63, 3.8) is 0 Å². The fourth-order valence-corrected chi connectivity index (χ4v) is 1.79. The Morgan fingerprint density at radius 2 is 2.00 bits per heavy atom. The van der Waals surface area contributed by atoms with Crippen LogP contribution in [0.1, 0.15) is 26.5 Å². The first-order valence-corrected chi connectivity index (χ1v) is 6.38. The van der Waals surface area contributed by atoms with Crippen molar-refractivity contribution >= 4 is 17.4 Å². The minimum atomic E-state index is 0.450. The Morgan fingerprint density at radius 1 is 1.35 bits per heavy atom. The highest BCUT2D eigenvalue weighted by molar-refractivity contribution is 6.31. The summed E-state index contributed by atoms with van der Waals surface area (Å²) in [4.78, 5) is 6.79. The summed E-state index contributed by atoms with van der Waals surface area (Å²) in [6, 6.07) is 4.34. The van der Waals surface area contributed by atoms with Gasteiger partial charge in [-0.3, -0.25) is 0 Å². The van der Waals surface area contributed by atoms with E-state index in [1.54, 1.807) is 0 Å². The molecule has 1 unspecified atom stereocenters. The normalized spacial score (nSPS) is 12.9. The van der Waals surface area contributed by atoms with Gasteiger partial charge in [-0.25, -0.2) is 4.98 Å². The molecule has 0 spiro atoms. The second kappa shape index (κ2) is 6.22. The average molecular weight is 256 g/mol. The van der Waals surface area contributed by atoms with Crippen molar-refractivity contribution in [2.24, 2.45) is 5.92 Å². The van der Waals surface area contributed by atoms with Gasteiger partial charge in [-0.05, 0) is 32.0 Å². The van der Waals surface area contributed by atoms with Gasteiger partial charge in [0.05, 0.1) is 10.7 Å². The Bertz CT molecular complexity index is 366. The van der Waals surface area contributed by atoms with E-state index in [9.17, 15) is 0 Å². The molecule has 0 aliphatic carbocycles. The molecule has 1 heterocycles. The zero-order chi connectivity index (χ0) is 13.0. The monoisotopic (exact) mass is 255 g/mol. The maximum absolute atomic E-state index is 6.10. The fourth-order valence-electron chi connectivity index (χ4n) is 1.62. The zero-order valence-corrected chi connectivity index (χ0v) is 12.0. The smallest absolute Gasteiger partial charge is 0.128 e. The number of aromatic nitrogens is 1. The number of hydrogen-bond donors (Lipinski definition) is 1. The molecular formula is C13H22ClN3. The molecule has 0 saturated carbocycles. The van der Waals surface area contributed by atoms with E-state index in [-0.39, 0.29) is 0 Å². The molecule has 17 heavy (non-hydrogen) atoms. The van der Waals surface area contributed by atoms with Crippen LogP contribution >= 0.6 is 11.6 Å². The van der Waals surface area contributed by atoms with Gasteiger partial charge in [0.15, 0.2) is 0 Å². The molecule has 3 nitrogen and oxygen atoms in total. The predicted octanol–water partition coefficient (Wildman–Crippen LogP) is 2.94. The summed E-state index contributed by atoms with van der Waals surface area (Å²) >= 11 is 6.10. The van der Waals surface area contributed by atoms with Gasteiger partial charge in [0.2, 0.25) is 0 Å². The highest BCUT2D eigenvalue weighted by Crippen LogP contribution is 2.21. The Hall–Kier alpha value is -0.800. The van der Waals surface area contributed by atoms with Crippen molar-refractivity contribution in [3.8, 4) is 0 Å². The number of halogens is 1. The van der Waals surface area contributed by atoms with Crippen molar-refractivity contribution in [1.82, 2.24) is 10.3 Å². The first-order chi connectivity index (χ1) is 7.97. The van der Waals surface area contributed by atoms with Gasteiger partial charge in [0.1, 0.15) is 5.82 Å². The number of hydrogen-bond acceptors (Lipinski definition) is 3. The van der Waals surface area contributed by atoms with Crippen molar-refractivity contribution in [2.75, 3.05) is 19.0 Å². The van der Waals surface area contributed by atoms with Crippen LogP contribution in [0.5, 0.6) is 0 Å². The Labute approximate surface area is 109 Å². The molecule has 1 aromatic heterocycles. The van der Waals surface area contributed by atoms with Gasteiger partial charge >= 0.3 is 0 Å². The third-order valence-corrected chi connectivity index (χ3v) is 3.53. The number of rotatable bonds is 5. The number of pyridine rings is 1. The van der Waals surface area contributed by atoms with Crippen LogP contribution in [0.4, 0.5) is 5.82 Å². The van der Waals surface area contributed by atoms with Gasteiger partial charge in [-0.1, -0.05) is 25.4 Å². The minimum Gasteiger partial charge on any atom is -0.357 e. The summed E-state index contributed by atoms with van der Waals surface area (Å²) in [6.07, 6.45) is 0.